The summed E-state index contributed by atoms with van der Waals surface area (Å²) >= 11 is 0. The molecule has 0 spiro atoms. The molecule has 12 aromatic carbocycles. The van der Waals surface area contributed by atoms with E-state index >= 15 is 0 Å². The Morgan fingerprint density at radius 2 is 0.808 bits per heavy atom. The van der Waals surface area contributed by atoms with Crippen molar-refractivity contribution >= 4 is 71.6 Å². The number of benzene rings is 12. The molecule has 0 fully saturated rings. The summed E-state index contributed by atoms with van der Waals surface area (Å²) in [6, 6.07) is 101. The molecule has 0 saturated heterocycles. The maximum absolute atomic E-state index is 6.55. The third-order valence-corrected chi connectivity index (χ3v) is 14.6. The Hall–Kier alpha value is -9.70. The second kappa shape index (κ2) is 17.6. The van der Waals surface area contributed by atoms with Gasteiger partial charge in [0.2, 0.25) is 0 Å². The molecule has 2 aromatic heterocycles. The zero-order chi connectivity index (χ0) is 48.2. The number of nitrogens with zero attached hydrogens (tertiary/aromatic N) is 2. The van der Waals surface area contributed by atoms with E-state index in [9.17, 15) is 0 Å². The molecule has 14 rings (SSSR count). The van der Waals surface area contributed by atoms with Gasteiger partial charge < -0.3 is 13.9 Å². The van der Waals surface area contributed by atoms with Crippen molar-refractivity contribution in [2.75, 3.05) is 4.90 Å². The number of anilines is 3. The number of hydrogen-bond acceptors (Lipinski definition) is 2. The van der Waals surface area contributed by atoms with Crippen LogP contribution in [0.2, 0.25) is 0 Å². The highest BCUT2D eigenvalue weighted by Gasteiger charge is 2.24. The molecule has 0 saturated carbocycles. The third kappa shape index (κ3) is 7.29. The SMILES string of the molecule is c1ccc(-c2ccc(-c3cccc4c5ccccc5n(-c5ccccc5)c34)c(N(c3ccc(-c4ccc(-c5cccc6ccccc56)cc4)cc3)c3ccc(-c4cccc5c4oc4ccccc45)cc3)c2)cc1. The van der Waals surface area contributed by atoms with Crippen molar-refractivity contribution in [1.29, 1.82) is 0 Å². The van der Waals surface area contributed by atoms with E-state index in [4.69, 9.17) is 4.42 Å². The van der Waals surface area contributed by atoms with Crippen LogP contribution in [0, 0.1) is 0 Å². The Balaban J connectivity index is 0.959. The lowest BCUT2D eigenvalue weighted by atomic mass is 9.94. The van der Waals surface area contributed by atoms with Gasteiger partial charge in [0, 0.05) is 55.3 Å². The number of hydrogen-bond donors (Lipinski definition) is 0. The smallest absolute Gasteiger partial charge is 0.143 e. The van der Waals surface area contributed by atoms with Crippen molar-refractivity contribution in [1.82, 2.24) is 4.57 Å². The van der Waals surface area contributed by atoms with Crippen LogP contribution < -0.4 is 4.90 Å². The maximum atomic E-state index is 6.55. The van der Waals surface area contributed by atoms with Gasteiger partial charge in [0.25, 0.3) is 0 Å². The van der Waals surface area contributed by atoms with E-state index in [1.54, 1.807) is 0 Å². The molecule has 0 bridgehead atoms. The van der Waals surface area contributed by atoms with E-state index in [-0.39, 0.29) is 0 Å². The van der Waals surface area contributed by atoms with E-state index in [2.05, 4.69) is 276 Å². The van der Waals surface area contributed by atoms with Crippen LogP contribution in [0.25, 0.3) is 116 Å². The molecule has 0 aliphatic carbocycles. The van der Waals surface area contributed by atoms with Crippen LogP contribution in [0.15, 0.2) is 283 Å². The van der Waals surface area contributed by atoms with Crippen molar-refractivity contribution in [2.24, 2.45) is 0 Å². The normalized spacial score (nSPS) is 11.6. The minimum Gasteiger partial charge on any atom is -0.455 e. The monoisotopic (exact) mass is 930 g/mol. The highest BCUT2D eigenvalue weighted by Crippen LogP contribution is 2.47. The van der Waals surface area contributed by atoms with Crippen LogP contribution in [0.3, 0.4) is 0 Å². The van der Waals surface area contributed by atoms with E-state index in [1.807, 2.05) is 12.1 Å². The Morgan fingerprint density at radius 3 is 1.58 bits per heavy atom. The fourth-order valence-corrected chi connectivity index (χ4v) is 11.1. The second-order valence-corrected chi connectivity index (χ2v) is 18.8. The molecule has 0 unspecified atom stereocenters. The number of aromatic nitrogens is 1. The van der Waals surface area contributed by atoms with E-state index < -0.39 is 0 Å². The number of furan rings is 1. The summed E-state index contributed by atoms with van der Waals surface area (Å²) in [6.45, 7) is 0. The first-order valence-electron chi connectivity index (χ1n) is 25.0. The molecule has 3 nitrogen and oxygen atoms in total. The molecule has 0 radical (unpaired) electrons. The molecule has 2 heterocycles. The lowest BCUT2D eigenvalue weighted by molar-refractivity contribution is 0.670. The van der Waals surface area contributed by atoms with Crippen LogP contribution in [0.4, 0.5) is 17.1 Å². The molecule has 0 amide bonds. The molecule has 0 N–H and O–H groups in total. The summed E-state index contributed by atoms with van der Waals surface area (Å²) in [4.78, 5) is 2.44. The van der Waals surface area contributed by atoms with Gasteiger partial charge in [0.05, 0.1) is 16.7 Å². The van der Waals surface area contributed by atoms with E-state index in [1.165, 1.54) is 49.3 Å². The number of para-hydroxylation sites is 5. The predicted octanol–water partition coefficient (Wildman–Crippen LogP) is 19.6. The molecule has 0 atom stereocenters. The zero-order valence-corrected chi connectivity index (χ0v) is 39.9. The van der Waals surface area contributed by atoms with Crippen molar-refractivity contribution in [2.45, 2.75) is 0 Å². The Bertz CT molecular complexity index is 4330. The first-order chi connectivity index (χ1) is 36.2. The summed E-state index contributed by atoms with van der Waals surface area (Å²) in [7, 11) is 0. The minimum atomic E-state index is 0.893. The van der Waals surface area contributed by atoms with Crippen LogP contribution in [-0.4, -0.2) is 4.57 Å². The molecule has 73 heavy (non-hydrogen) atoms. The average Bonchev–Trinajstić information content (AvgIpc) is 4.04. The van der Waals surface area contributed by atoms with Crippen LogP contribution in [0.1, 0.15) is 0 Å². The predicted molar refractivity (Wildman–Crippen MR) is 307 cm³/mol. The highest BCUT2D eigenvalue weighted by atomic mass is 16.3. The van der Waals surface area contributed by atoms with Gasteiger partial charge in [-0.15, -0.1) is 0 Å². The fourth-order valence-electron chi connectivity index (χ4n) is 11.1. The molecule has 342 valence electrons. The topological polar surface area (TPSA) is 21.3 Å². The van der Waals surface area contributed by atoms with Crippen molar-refractivity contribution in [3.05, 3.63) is 279 Å². The first-order valence-corrected chi connectivity index (χ1v) is 25.0. The van der Waals surface area contributed by atoms with Crippen molar-refractivity contribution < 1.29 is 4.42 Å². The van der Waals surface area contributed by atoms with Gasteiger partial charge in [0.15, 0.2) is 0 Å². The van der Waals surface area contributed by atoms with Gasteiger partial charge in [-0.1, -0.05) is 224 Å². The van der Waals surface area contributed by atoms with Crippen molar-refractivity contribution in [3.63, 3.8) is 0 Å². The molecule has 0 aliphatic heterocycles. The van der Waals surface area contributed by atoms with Gasteiger partial charge in [-0.2, -0.15) is 0 Å². The molecule has 3 heteroatoms. The summed E-state index contributed by atoms with van der Waals surface area (Å²) in [5.74, 6) is 0. The van der Waals surface area contributed by atoms with Gasteiger partial charge >= 0.3 is 0 Å². The lowest BCUT2D eigenvalue weighted by Gasteiger charge is -2.29. The Labute approximate surface area is 423 Å². The Morgan fingerprint density at radius 1 is 0.301 bits per heavy atom. The summed E-state index contributed by atoms with van der Waals surface area (Å²) in [5, 5.41) is 7.18. The fraction of sp³-hybridized carbons (Fsp3) is 0. The second-order valence-electron chi connectivity index (χ2n) is 18.8. The Kier molecular flexibility index (Phi) is 10.2. The number of rotatable bonds is 9. The standard InChI is InChI=1S/C70H46N2O/c1-3-16-47(17-4-1)53-40-45-61(64-28-15-27-63-60-23-9-11-30-66(60)72(69(63)64)54-20-5-2-6-21-54)67(46-53)71(56-43-38-52(39-44-56)59-26-14-29-65-62-24-10-12-31-68(62)73-70(59)65)55-41-36-49(37-42-55)48-32-34-51(35-33-48)58-25-13-19-50-18-7-8-22-57(50)58/h1-46H. The summed E-state index contributed by atoms with van der Waals surface area (Å²) < 4.78 is 8.99. The average molecular weight is 931 g/mol. The highest BCUT2D eigenvalue weighted by molar-refractivity contribution is 6.15. The summed E-state index contributed by atoms with van der Waals surface area (Å²) in [6.07, 6.45) is 0. The molecular weight excluding hydrogens is 885 g/mol. The van der Waals surface area contributed by atoms with Crippen molar-refractivity contribution in [3.8, 4) is 61.3 Å². The van der Waals surface area contributed by atoms with Crippen LogP contribution >= 0.6 is 0 Å². The lowest BCUT2D eigenvalue weighted by Crippen LogP contribution is -2.12. The van der Waals surface area contributed by atoms with Gasteiger partial charge in [-0.3, -0.25) is 0 Å². The largest absolute Gasteiger partial charge is 0.455 e. The quantitative estimate of drug-likeness (QED) is 0.144. The van der Waals surface area contributed by atoms with E-state index in [0.717, 1.165) is 83.6 Å². The first kappa shape index (κ1) is 42.2. The van der Waals surface area contributed by atoms with E-state index in [0.29, 0.717) is 0 Å². The molecule has 14 aromatic rings. The van der Waals surface area contributed by atoms with Crippen LogP contribution in [-0.2, 0) is 0 Å². The summed E-state index contributed by atoms with van der Waals surface area (Å²) in [5.41, 5.74) is 19.9. The van der Waals surface area contributed by atoms with Gasteiger partial charge in [-0.05, 0) is 104 Å². The van der Waals surface area contributed by atoms with Crippen LogP contribution in [0.5, 0.6) is 0 Å². The molecule has 0 aliphatic rings. The minimum absolute atomic E-state index is 0.893. The third-order valence-electron chi connectivity index (χ3n) is 14.6. The zero-order valence-electron chi connectivity index (χ0n) is 39.9. The number of fused-ring (bicyclic) bond motifs is 7. The maximum Gasteiger partial charge on any atom is 0.143 e. The van der Waals surface area contributed by atoms with Gasteiger partial charge in [0.1, 0.15) is 11.2 Å². The molecular formula is C70H46N2O. The van der Waals surface area contributed by atoms with Gasteiger partial charge in [-0.25, -0.2) is 0 Å².